The number of ether oxygens (including phenoxy) is 1. The summed E-state index contributed by atoms with van der Waals surface area (Å²) < 4.78 is 33.2. The Bertz CT molecular complexity index is 1320. The molecule has 0 unspecified atom stereocenters. The van der Waals surface area contributed by atoms with E-state index in [0.717, 1.165) is 35.8 Å². The lowest BCUT2D eigenvalue weighted by molar-refractivity contribution is -0.676. The van der Waals surface area contributed by atoms with E-state index in [1.807, 2.05) is 50.4 Å². The molecule has 3 aromatic rings. The topological polar surface area (TPSA) is 95.5 Å². The molecule has 3 rings (SSSR count). The third-order valence-corrected chi connectivity index (χ3v) is 6.94. The van der Waals surface area contributed by atoms with Crippen molar-refractivity contribution >= 4 is 11.8 Å². The summed E-state index contributed by atoms with van der Waals surface area (Å²) in [6.45, 7) is 7.84. The largest absolute Gasteiger partial charge is 0.497 e. The fraction of sp³-hybridized carbons (Fsp3) is 0.394. The number of amides is 2. The molecular formula is C33H42F2N3O4+. The third kappa shape index (κ3) is 9.63. The first-order valence-electron chi connectivity index (χ1n) is 14.4. The van der Waals surface area contributed by atoms with Crippen LogP contribution < -0.4 is 15.4 Å². The Morgan fingerprint density at radius 2 is 1.62 bits per heavy atom. The number of aliphatic hydroxyl groups is 1. The molecule has 0 radical (unpaired) electrons. The van der Waals surface area contributed by atoms with Crippen molar-refractivity contribution in [2.45, 2.75) is 58.7 Å². The van der Waals surface area contributed by atoms with Crippen molar-refractivity contribution in [2.75, 3.05) is 26.7 Å². The number of aliphatic hydroxyl groups excluding tert-OH is 1. The number of halogens is 2. The summed E-state index contributed by atoms with van der Waals surface area (Å²) in [6.07, 6.45) is 0.605. The van der Waals surface area contributed by atoms with Gasteiger partial charge in [-0.25, -0.2) is 8.78 Å². The number of quaternary nitrogens is 1. The van der Waals surface area contributed by atoms with Crippen molar-refractivity contribution in [1.29, 1.82) is 0 Å². The Kier molecular flexibility index (Phi) is 12.4. The fourth-order valence-electron chi connectivity index (χ4n) is 4.98. The first kappa shape index (κ1) is 32.7. The molecule has 0 spiro atoms. The molecule has 226 valence electrons. The molecule has 9 heteroatoms. The highest BCUT2D eigenvalue weighted by atomic mass is 19.1. The quantitative estimate of drug-likeness (QED) is 0.252. The standard InChI is InChI=1S/C33H41F2N3O4/c1-5-10-38(11-6-2)33(41)26-13-22(3)12-25(18-26)32(40)37-30(17-24-14-27(34)19-28(35)15-24)31(39)21-36-20-23-8-7-9-29(16-23)42-4/h7-9,12-16,18-19,30-31,36,39H,5-6,10-11,17,20-21H2,1-4H3,(H,37,40)/p+1/t30-,31-/m0/s1. The number of hydrogen-bond donors (Lipinski definition) is 3. The van der Waals surface area contributed by atoms with E-state index in [4.69, 9.17) is 4.74 Å². The number of benzene rings is 3. The molecule has 0 bridgehead atoms. The number of nitrogens with two attached hydrogens (primary N) is 1. The highest BCUT2D eigenvalue weighted by Crippen LogP contribution is 2.16. The maximum Gasteiger partial charge on any atom is 0.253 e. The van der Waals surface area contributed by atoms with E-state index in [1.165, 1.54) is 12.1 Å². The summed E-state index contributed by atoms with van der Waals surface area (Å²) >= 11 is 0. The maximum absolute atomic E-state index is 14.0. The maximum atomic E-state index is 14.0. The molecule has 2 amide bonds. The molecule has 0 saturated heterocycles. The van der Waals surface area contributed by atoms with Gasteiger partial charge >= 0.3 is 0 Å². The van der Waals surface area contributed by atoms with Crippen LogP contribution in [-0.2, 0) is 13.0 Å². The number of aryl methyl sites for hydroxylation is 1. The second kappa shape index (κ2) is 16.0. The van der Waals surface area contributed by atoms with Crippen LogP contribution >= 0.6 is 0 Å². The average Bonchev–Trinajstić information content (AvgIpc) is 2.95. The minimum absolute atomic E-state index is 0.00691. The number of methoxy groups -OCH3 is 1. The predicted molar refractivity (Wildman–Crippen MR) is 158 cm³/mol. The Hall–Kier alpha value is -3.82. The highest BCUT2D eigenvalue weighted by Gasteiger charge is 2.25. The van der Waals surface area contributed by atoms with Crippen LogP contribution in [0.15, 0.2) is 60.7 Å². The molecule has 7 nitrogen and oxygen atoms in total. The van der Waals surface area contributed by atoms with Crippen LogP contribution in [0, 0.1) is 18.6 Å². The second-order valence-corrected chi connectivity index (χ2v) is 10.6. The van der Waals surface area contributed by atoms with Gasteiger partial charge in [-0.05, 0) is 79.8 Å². The van der Waals surface area contributed by atoms with E-state index in [0.29, 0.717) is 30.8 Å². The number of hydrogen-bond acceptors (Lipinski definition) is 4. The lowest BCUT2D eigenvalue weighted by Gasteiger charge is -2.24. The third-order valence-electron chi connectivity index (χ3n) is 6.94. The molecule has 4 N–H and O–H groups in total. The van der Waals surface area contributed by atoms with Crippen LogP contribution in [0.25, 0.3) is 0 Å². The Morgan fingerprint density at radius 3 is 2.26 bits per heavy atom. The van der Waals surface area contributed by atoms with Crippen molar-refractivity contribution in [3.8, 4) is 5.75 Å². The van der Waals surface area contributed by atoms with Crippen LogP contribution in [0.2, 0.25) is 0 Å². The van der Waals surface area contributed by atoms with Crippen molar-refractivity contribution in [3.05, 3.63) is 100 Å². The molecule has 0 aliphatic rings. The molecule has 3 aromatic carbocycles. The molecule has 0 aliphatic heterocycles. The summed E-state index contributed by atoms with van der Waals surface area (Å²) in [4.78, 5) is 28.5. The van der Waals surface area contributed by atoms with Crippen LogP contribution in [0.4, 0.5) is 8.78 Å². The zero-order valence-electron chi connectivity index (χ0n) is 24.8. The zero-order chi connectivity index (χ0) is 30.6. The number of rotatable bonds is 15. The van der Waals surface area contributed by atoms with Gasteiger partial charge in [-0.3, -0.25) is 9.59 Å². The molecule has 0 fully saturated rings. The van der Waals surface area contributed by atoms with E-state index in [9.17, 15) is 23.5 Å². The monoisotopic (exact) mass is 582 g/mol. The minimum Gasteiger partial charge on any atom is -0.497 e. The summed E-state index contributed by atoms with van der Waals surface area (Å²) in [5, 5.41) is 15.9. The molecule has 42 heavy (non-hydrogen) atoms. The normalized spacial score (nSPS) is 12.5. The van der Waals surface area contributed by atoms with Crippen molar-refractivity contribution in [1.82, 2.24) is 10.2 Å². The van der Waals surface area contributed by atoms with Gasteiger partial charge in [0.05, 0.1) is 13.2 Å². The van der Waals surface area contributed by atoms with Gasteiger partial charge < -0.3 is 25.4 Å². The number of carbonyl (C=O) groups is 2. The first-order valence-corrected chi connectivity index (χ1v) is 14.4. The molecule has 2 atom stereocenters. The van der Waals surface area contributed by atoms with Crippen LogP contribution in [0.3, 0.4) is 0 Å². The van der Waals surface area contributed by atoms with Gasteiger partial charge in [0.2, 0.25) is 0 Å². The summed E-state index contributed by atoms with van der Waals surface area (Å²) in [5.74, 6) is -1.38. The number of nitrogens with one attached hydrogen (secondary N) is 1. The lowest BCUT2D eigenvalue weighted by Crippen LogP contribution is -2.85. The van der Waals surface area contributed by atoms with Crippen LogP contribution in [0.1, 0.15) is 64.1 Å². The Morgan fingerprint density at radius 1 is 0.952 bits per heavy atom. The van der Waals surface area contributed by atoms with E-state index < -0.39 is 29.7 Å². The van der Waals surface area contributed by atoms with E-state index in [-0.39, 0.29) is 24.4 Å². The fourth-order valence-corrected chi connectivity index (χ4v) is 4.98. The van der Waals surface area contributed by atoms with Gasteiger partial charge in [-0.15, -0.1) is 0 Å². The van der Waals surface area contributed by atoms with Gasteiger partial charge in [0.25, 0.3) is 11.8 Å². The lowest BCUT2D eigenvalue weighted by atomic mass is 9.99. The van der Waals surface area contributed by atoms with Crippen molar-refractivity contribution in [3.63, 3.8) is 0 Å². The van der Waals surface area contributed by atoms with E-state index >= 15 is 0 Å². The number of carbonyl (C=O) groups excluding carboxylic acids is 2. The summed E-state index contributed by atoms with van der Waals surface area (Å²) in [6, 6.07) is 14.9. The number of nitrogens with zero attached hydrogens (tertiary/aromatic N) is 1. The molecule has 0 aromatic heterocycles. The van der Waals surface area contributed by atoms with Gasteiger partial charge in [-0.1, -0.05) is 26.0 Å². The van der Waals surface area contributed by atoms with Crippen LogP contribution in [-0.4, -0.2) is 60.7 Å². The van der Waals surface area contributed by atoms with E-state index in [1.54, 1.807) is 30.2 Å². The van der Waals surface area contributed by atoms with Crippen molar-refractivity contribution < 1.29 is 33.5 Å². The van der Waals surface area contributed by atoms with Gasteiger partial charge in [0.1, 0.15) is 36.6 Å². The predicted octanol–water partition coefficient (Wildman–Crippen LogP) is 4.01. The Labute approximate surface area is 246 Å². The second-order valence-electron chi connectivity index (χ2n) is 10.6. The smallest absolute Gasteiger partial charge is 0.253 e. The minimum atomic E-state index is -1.04. The Balaban J connectivity index is 1.80. The molecule has 0 heterocycles. The zero-order valence-corrected chi connectivity index (χ0v) is 24.8. The van der Waals surface area contributed by atoms with Gasteiger partial charge in [-0.2, -0.15) is 0 Å². The van der Waals surface area contributed by atoms with E-state index in [2.05, 4.69) is 5.32 Å². The average molecular weight is 583 g/mol. The summed E-state index contributed by atoms with van der Waals surface area (Å²) in [7, 11) is 1.59. The molecular weight excluding hydrogens is 540 g/mol. The SMILES string of the molecule is CCCN(CCC)C(=O)c1cc(C)cc(C(=O)N[C@@H](Cc2cc(F)cc(F)c2)[C@@H](O)C[NH2+]Cc2cccc(OC)c2)c1. The molecule has 0 aliphatic carbocycles. The first-order chi connectivity index (χ1) is 20.1. The van der Waals surface area contributed by atoms with Gasteiger partial charge in [0, 0.05) is 35.8 Å². The van der Waals surface area contributed by atoms with Gasteiger partial charge in [0.15, 0.2) is 0 Å². The molecule has 0 saturated carbocycles. The van der Waals surface area contributed by atoms with Crippen molar-refractivity contribution in [2.24, 2.45) is 0 Å². The van der Waals surface area contributed by atoms with Crippen LogP contribution in [0.5, 0.6) is 5.75 Å². The summed E-state index contributed by atoms with van der Waals surface area (Å²) in [5.41, 5.74) is 2.73. The highest BCUT2D eigenvalue weighted by molar-refractivity contribution is 6.00.